The third-order valence-corrected chi connectivity index (χ3v) is 5.24. The van der Waals surface area contributed by atoms with Gasteiger partial charge in [-0.15, -0.1) is 11.3 Å². The van der Waals surface area contributed by atoms with Gasteiger partial charge >= 0.3 is 0 Å². The van der Waals surface area contributed by atoms with Gasteiger partial charge in [-0.05, 0) is 37.6 Å². The largest absolute Gasteiger partial charge is 0.355 e. The molecule has 1 heterocycles. The van der Waals surface area contributed by atoms with Gasteiger partial charge in [0.15, 0.2) is 0 Å². The molecule has 2 N–H and O–H groups in total. The quantitative estimate of drug-likeness (QED) is 0.668. The molecule has 3 aromatic rings. The predicted octanol–water partition coefficient (Wildman–Crippen LogP) is 4.69. The fourth-order valence-electron chi connectivity index (χ4n) is 2.66. The highest BCUT2D eigenvalue weighted by Crippen LogP contribution is 2.28. The molecule has 0 spiro atoms. The predicted molar refractivity (Wildman–Crippen MR) is 110 cm³/mol. The highest BCUT2D eigenvalue weighted by Gasteiger charge is 2.15. The Morgan fingerprint density at radius 2 is 1.85 bits per heavy atom. The van der Waals surface area contributed by atoms with Crippen LogP contribution in [0.15, 0.2) is 41.8 Å². The van der Waals surface area contributed by atoms with E-state index < -0.39 is 0 Å². The van der Waals surface area contributed by atoms with E-state index >= 15 is 0 Å². The minimum absolute atomic E-state index is 0.265. The van der Waals surface area contributed by atoms with Crippen LogP contribution in [0.3, 0.4) is 0 Å². The number of carbonyl (C=O) groups is 2. The second-order valence-corrected chi connectivity index (χ2v) is 7.35. The Labute approximate surface area is 166 Å². The van der Waals surface area contributed by atoms with Gasteiger partial charge in [0.05, 0.1) is 10.6 Å². The summed E-state index contributed by atoms with van der Waals surface area (Å²) in [5, 5.41) is 8.06. The van der Waals surface area contributed by atoms with E-state index in [9.17, 15) is 9.59 Å². The summed E-state index contributed by atoms with van der Waals surface area (Å²) in [5.74, 6) is -0.610. The smallest absolute Gasteiger partial charge is 0.275 e. The number of halogens is 1. The summed E-state index contributed by atoms with van der Waals surface area (Å²) in [6, 6.07) is 10.9. The van der Waals surface area contributed by atoms with Crippen molar-refractivity contribution in [2.75, 3.05) is 12.4 Å². The molecule has 0 radical (unpaired) electrons. The van der Waals surface area contributed by atoms with Crippen molar-refractivity contribution in [1.82, 2.24) is 10.3 Å². The van der Waals surface area contributed by atoms with Crippen LogP contribution in [0, 0.1) is 13.8 Å². The zero-order valence-corrected chi connectivity index (χ0v) is 16.7. The lowest BCUT2D eigenvalue weighted by Crippen LogP contribution is -2.18. The number of hydrogen-bond acceptors (Lipinski definition) is 4. The van der Waals surface area contributed by atoms with Crippen LogP contribution in [-0.4, -0.2) is 23.8 Å². The maximum Gasteiger partial charge on any atom is 0.275 e. The Morgan fingerprint density at radius 3 is 2.52 bits per heavy atom. The minimum atomic E-state index is -0.328. The highest BCUT2D eigenvalue weighted by molar-refractivity contribution is 7.13. The molecule has 27 heavy (non-hydrogen) atoms. The maximum atomic E-state index is 12.5. The number of nitrogens with zero attached hydrogens (tertiary/aromatic N) is 1. The van der Waals surface area contributed by atoms with Crippen molar-refractivity contribution in [3.63, 3.8) is 0 Å². The third-order valence-electron chi connectivity index (χ3n) is 4.05. The van der Waals surface area contributed by atoms with Gasteiger partial charge in [-0.3, -0.25) is 9.59 Å². The second-order valence-electron chi connectivity index (χ2n) is 6.08. The molecule has 2 amide bonds. The van der Waals surface area contributed by atoms with Crippen LogP contribution in [-0.2, 0) is 0 Å². The average molecular weight is 400 g/mol. The molecule has 0 atom stereocenters. The number of aryl methyl sites for hydroxylation is 2. The first-order valence-corrected chi connectivity index (χ1v) is 9.51. The normalized spacial score (nSPS) is 10.5. The number of thiazole rings is 1. The van der Waals surface area contributed by atoms with Crippen molar-refractivity contribution in [1.29, 1.82) is 0 Å². The molecule has 0 saturated carbocycles. The molecular weight excluding hydrogens is 382 g/mol. The van der Waals surface area contributed by atoms with E-state index in [0.717, 1.165) is 16.1 Å². The van der Waals surface area contributed by atoms with Gasteiger partial charge in [0.25, 0.3) is 11.8 Å². The fraction of sp³-hybridized carbons (Fsp3) is 0.150. The Bertz CT molecular complexity index is 1030. The number of carbonyl (C=O) groups excluding carboxylic acids is 2. The average Bonchev–Trinajstić information content (AvgIpc) is 3.11. The first-order valence-electron chi connectivity index (χ1n) is 8.25. The summed E-state index contributed by atoms with van der Waals surface area (Å²) in [5.41, 5.74) is 4.50. The summed E-state index contributed by atoms with van der Waals surface area (Å²) in [6.45, 7) is 4.07. The van der Waals surface area contributed by atoms with Crippen LogP contribution >= 0.6 is 22.9 Å². The summed E-state index contributed by atoms with van der Waals surface area (Å²) in [6.07, 6.45) is 0. The molecule has 3 rings (SSSR count). The lowest BCUT2D eigenvalue weighted by molar-refractivity contribution is 0.0962. The summed E-state index contributed by atoms with van der Waals surface area (Å²) < 4.78 is 0. The van der Waals surface area contributed by atoms with Gasteiger partial charge in [0.1, 0.15) is 10.7 Å². The summed E-state index contributed by atoms with van der Waals surface area (Å²) >= 11 is 7.54. The van der Waals surface area contributed by atoms with Crippen LogP contribution < -0.4 is 10.6 Å². The highest BCUT2D eigenvalue weighted by atomic mass is 35.5. The molecule has 0 unspecified atom stereocenters. The van der Waals surface area contributed by atoms with Crippen molar-refractivity contribution in [3.05, 3.63) is 69.2 Å². The number of nitrogens with one attached hydrogen (secondary N) is 2. The standard InChI is InChI=1S/C20H18ClN3O2S/c1-11-4-6-14(12(2)8-11)20-24-17(10-27-20)19(26)23-13-5-7-15(16(21)9-13)18(25)22-3/h4-10H,1-3H3,(H,22,25)(H,23,26). The monoisotopic (exact) mass is 399 g/mol. The van der Waals surface area contributed by atoms with Crippen molar-refractivity contribution in [2.24, 2.45) is 0 Å². The minimum Gasteiger partial charge on any atom is -0.355 e. The Hall–Kier alpha value is -2.70. The van der Waals surface area contributed by atoms with Crippen molar-refractivity contribution in [2.45, 2.75) is 13.8 Å². The zero-order valence-electron chi connectivity index (χ0n) is 15.1. The van der Waals surface area contributed by atoms with Gasteiger partial charge in [0.2, 0.25) is 0 Å². The van der Waals surface area contributed by atoms with E-state index in [0.29, 0.717) is 16.9 Å². The Balaban J connectivity index is 1.78. The van der Waals surface area contributed by atoms with Gasteiger partial charge in [-0.25, -0.2) is 4.98 Å². The van der Waals surface area contributed by atoms with E-state index in [-0.39, 0.29) is 16.8 Å². The summed E-state index contributed by atoms with van der Waals surface area (Å²) in [7, 11) is 1.53. The molecule has 0 saturated heterocycles. The molecule has 5 nitrogen and oxygen atoms in total. The third kappa shape index (κ3) is 4.18. The Morgan fingerprint density at radius 1 is 1.07 bits per heavy atom. The topological polar surface area (TPSA) is 71.1 Å². The molecule has 0 fully saturated rings. The fourth-order valence-corrected chi connectivity index (χ4v) is 3.82. The van der Waals surface area contributed by atoms with E-state index in [1.165, 1.54) is 23.9 Å². The van der Waals surface area contributed by atoms with E-state index in [1.807, 2.05) is 26.0 Å². The van der Waals surface area contributed by atoms with Gasteiger partial charge in [-0.2, -0.15) is 0 Å². The number of anilines is 1. The molecule has 2 aromatic carbocycles. The number of amides is 2. The van der Waals surface area contributed by atoms with Crippen molar-refractivity contribution >= 4 is 40.4 Å². The van der Waals surface area contributed by atoms with Crippen LogP contribution in [0.1, 0.15) is 32.0 Å². The van der Waals surface area contributed by atoms with Crippen LogP contribution in [0.25, 0.3) is 10.6 Å². The van der Waals surface area contributed by atoms with Crippen LogP contribution in [0.5, 0.6) is 0 Å². The lowest BCUT2D eigenvalue weighted by Gasteiger charge is -2.07. The molecule has 0 aliphatic heterocycles. The van der Waals surface area contributed by atoms with E-state index in [2.05, 4.69) is 21.7 Å². The van der Waals surface area contributed by atoms with Crippen LogP contribution in [0.4, 0.5) is 5.69 Å². The van der Waals surface area contributed by atoms with E-state index in [1.54, 1.807) is 23.6 Å². The number of benzene rings is 2. The van der Waals surface area contributed by atoms with Gasteiger partial charge < -0.3 is 10.6 Å². The summed E-state index contributed by atoms with van der Waals surface area (Å²) in [4.78, 5) is 28.6. The molecule has 1 aromatic heterocycles. The zero-order chi connectivity index (χ0) is 19.6. The molecule has 0 aliphatic rings. The molecule has 7 heteroatoms. The lowest BCUT2D eigenvalue weighted by atomic mass is 10.1. The van der Waals surface area contributed by atoms with Crippen molar-refractivity contribution in [3.8, 4) is 10.6 Å². The first-order chi connectivity index (χ1) is 12.9. The maximum absolute atomic E-state index is 12.5. The Kier molecular flexibility index (Phi) is 5.58. The molecule has 0 aliphatic carbocycles. The molecular formula is C20H18ClN3O2S. The molecule has 138 valence electrons. The number of rotatable bonds is 4. The van der Waals surface area contributed by atoms with Crippen molar-refractivity contribution < 1.29 is 9.59 Å². The number of aromatic nitrogens is 1. The molecule has 0 bridgehead atoms. The van der Waals surface area contributed by atoms with Gasteiger partial charge in [-0.1, -0.05) is 35.4 Å². The second kappa shape index (κ2) is 7.90. The van der Waals surface area contributed by atoms with Crippen LogP contribution in [0.2, 0.25) is 5.02 Å². The first kappa shape index (κ1) is 19.1. The SMILES string of the molecule is CNC(=O)c1ccc(NC(=O)c2csc(-c3ccc(C)cc3C)n2)cc1Cl. The van der Waals surface area contributed by atoms with Gasteiger partial charge in [0, 0.05) is 23.7 Å². The van der Waals surface area contributed by atoms with E-state index in [4.69, 9.17) is 11.6 Å². The number of hydrogen-bond donors (Lipinski definition) is 2.